The molecule has 4 heteroatoms. The molecule has 0 amide bonds. The van der Waals surface area contributed by atoms with Crippen LogP contribution < -0.4 is 5.32 Å². The van der Waals surface area contributed by atoms with E-state index >= 15 is 0 Å². The zero-order valence-corrected chi connectivity index (χ0v) is 11.0. The van der Waals surface area contributed by atoms with Crippen molar-refractivity contribution in [3.8, 4) is 0 Å². The Morgan fingerprint density at radius 2 is 2.29 bits per heavy atom. The van der Waals surface area contributed by atoms with Gasteiger partial charge in [0.25, 0.3) is 0 Å². The van der Waals surface area contributed by atoms with Crippen LogP contribution in [0.1, 0.15) is 42.9 Å². The fourth-order valence-electron chi connectivity index (χ4n) is 2.41. The minimum atomic E-state index is 0.456. The van der Waals surface area contributed by atoms with Gasteiger partial charge in [0.05, 0.1) is 6.54 Å². The highest BCUT2D eigenvalue weighted by molar-refractivity contribution is 5.24. The van der Waals surface area contributed by atoms with E-state index in [9.17, 15) is 0 Å². The number of hydrogen-bond donors (Lipinski definition) is 1. The molecule has 1 aliphatic rings. The highest BCUT2D eigenvalue weighted by Gasteiger charge is 2.21. The van der Waals surface area contributed by atoms with Gasteiger partial charge in [-0.2, -0.15) is 0 Å². The van der Waals surface area contributed by atoms with Crippen LogP contribution in [0.4, 0.5) is 0 Å². The SMILES string of the molecule is CCNC1CCCc2nc(CN(C)C)ncc21. The van der Waals surface area contributed by atoms with Gasteiger partial charge in [-0.25, -0.2) is 9.97 Å². The maximum absolute atomic E-state index is 4.69. The van der Waals surface area contributed by atoms with Crippen molar-refractivity contribution >= 4 is 0 Å². The van der Waals surface area contributed by atoms with Gasteiger partial charge in [0.15, 0.2) is 0 Å². The number of fused-ring (bicyclic) bond motifs is 1. The van der Waals surface area contributed by atoms with E-state index in [1.807, 2.05) is 20.3 Å². The molecule has 2 rings (SSSR count). The maximum atomic E-state index is 4.69. The number of nitrogens with zero attached hydrogens (tertiary/aromatic N) is 3. The Hall–Kier alpha value is -1.00. The van der Waals surface area contributed by atoms with Gasteiger partial charge < -0.3 is 10.2 Å². The highest BCUT2D eigenvalue weighted by atomic mass is 15.1. The van der Waals surface area contributed by atoms with Crippen LogP contribution in [0.2, 0.25) is 0 Å². The number of hydrogen-bond acceptors (Lipinski definition) is 4. The van der Waals surface area contributed by atoms with Crippen LogP contribution in [0.15, 0.2) is 6.20 Å². The molecule has 1 atom stereocenters. The van der Waals surface area contributed by atoms with E-state index in [4.69, 9.17) is 4.98 Å². The molecule has 0 saturated carbocycles. The third-order valence-corrected chi connectivity index (χ3v) is 3.14. The number of nitrogens with one attached hydrogen (secondary N) is 1. The summed E-state index contributed by atoms with van der Waals surface area (Å²) in [6.45, 7) is 3.97. The second-order valence-corrected chi connectivity index (χ2v) is 4.93. The molecule has 94 valence electrons. The van der Waals surface area contributed by atoms with Crippen LogP contribution in [0, 0.1) is 0 Å². The minimum Gasteiger partial charge on any atom is -0.310 e. The molecule has 1 aliphatic carbocycles. The van der Waals surface area contributed by atoms with E-state index in [1.165, 1.54) is 24.1 Å². The lowest BCUT2D eigenvalue weighted by Crippen LogP contribution is -2.26. The molecular formula is C13H22N4. The Morgan fingerprint density at radius 3 is 3.00 bits per heavy atom. The number of aryl methyl sites for hydroxylation is 1. The van der Waals surface area contributed by atoms with E-state index < -0.39 is 0 Å². The van der Waals surface area contributed by atoms with E-state index in [1.54, 1.807) is 0 Å². The fraction of sp³-hybridized carbons (Fsp3) is 0.692. The van der Waals surface area contributed by atoms with E-state index in [0.717, 1.165) is 25.3 Å². The number of rotatable bonds is 4. The molecule has 17 heavy (non-hydrogen) atoms. The zero-order valence-electron chi connectivity index (χ0n) is 11.0. The quantitative estimate of drug-likeness (QED) is 0.857. The molecule has 1 aromatic rings. The van der Waals surface area contributed by atoms with Crippen molar-refractivity contribution in [2.45, 2.75) is 38.8 Å². The lowest BCUT2D eigenvalue weighted by Gasteiger charge is -2.25. The molecule has 0 bridgehead atoms. The standard InChI is InChI=1S/C13H22N4/c1-4-14-11-6-5-7-12-10(11)8-15-13(16-12)9-17(2)3/h8,11,14H,4-7,9H2,1-3H3. The van der Waals surface area contributed by atoms with E-state index in [-0.39, 0.29) is 0 Å². The first-order chi connectivity index (χ1) is 8.20. The molecule has 0 fully saturated rings. The zero-order chi connectivity index (χ0) is 12.3. The summed E-state index contributed by atoms with van der Waals surface area (Å²) >= 11 is 0. The molecule has 0 aliphatic heterocycles. The highest BCUT2D eigenvalue weighted by Crippen LogP contribution is 2.27. The van der Waals surface area contributed by atoms with Crippen molar-refractivity contribution < 1.29 is 0 Å². The molecular weight excluding hydrogens is 212 g/mol. The maximum Gasteiger partial charge on any atom is 0.142 e. The topological polar surface area (TPSA) is 41.1 Å². The molecule has 4 nitrogen and oxygen atoms in total. The third kappa shape index (κ3) is 3.01. The summed E-state index contributed by atoms with van der Waals surface area (Å²) in [5.41, 5.74) is 2.55. The van der Waals surface area contributed by atoms with Crippen LogP contribution in [0.25, 0.3) is 0 Å². The molecule has 0 radical (unpaired) electrons. The molecule has 0 spiro atoms. The van der Waals surface area contributed by atoms with Gasteiger partial charge in [0.2, 0.25) is 0 Å². The van der Waals surface area contributed by atoms with Gasteiger partial charge in [-0.1, -0.05) is 6.92 Å². The van der Waals surface area contributed by atoms with Crippen molar-refractivity contribution in [3.63, 3.8) is 0 Å². The second-order valence-electron chi connectivity index (χ2n) is 4.93. The predicted molar refractivity (Wildman–Crippen MR) is 68.8 cm³/mol. The summed E-state index contributed by atoms with van der Waals surface area (Å²) in [4.78, 5) is 11.3. The van der Waals surface area contributed by atoms with Crippen LogP contribution in [0.3, 0.4) is 0 Å². The van der Waals surface area contributed by atoms with Crippen LogP contribution in [0.5, 0.6) is 0 Å². The van der Waals surface area contributed by atoms with Gasteiger partial charge in [-0.05, 0) is 39.9 Å². The summed E-state index contributed by atoms with van der Waals surface area (Å²) < 4.78 is 0. The minimum absolute atomic E-state index is 0.456. The van der Waals surface area contributed by atoms with Gasteiger partial charge in [-0.15, -0.1) is 0 Å². The first-order valence-electron chi connectivity index (χ1n) is 6.43. The lowest BCUT2D eigenvalue weighted by atomic mass is 9.92. The Kier molecular flexibility index (Phi) is 4.07. The number of aromatic nitrogens is 2. The molecule has 1 unspecified atom stereocenters. The average molecular weight is 234 g/mol. The first-order valence-corrected chi connectivity index (χ1v) is 6.43. The molecule has 0 saturated heterocycles. The van der Waals surface area contributed by atoms with Gasteiger partial charge in [0, 0.05) is 23.5 Å². The monoisotopic (exact) mass is 234 g/mol. The van der Waals surface area contributed by atoms with Crippen LogP contribution in [-0.4, -0.2) is 35.5 Å². The van der Waals surface area contributed by atoms with Crippen molar-refractivity contribution in [2.75, 3.05) is 20.6 Å². The van der Waals surface area contributed by atoms with Crippen molar-refractivity contribution in [2.24, 2.45) is 0 Å². The lowest BCUT2D eigenvalue weighted by molar-refractivity contribution is 0.386. The molecule has 1 aromatic heterocycles. The molecule has 1 N–H and O–H groups in total. The van der Waals surface area contributed by atoms with Crippen molar-refractivity contribution in [1.82, 2.24) is 20.2 Å². The van der Waals surface area contributed by atoms with Crippen LogP contribution >= 0.6 is 0 Å². The molecule has 0 aromatic carbocycles. The summed E-state index contributed by atoms with van der Waals surface area (Å²) in [6.07, 6.45) is 5.55. The Labute approximate surface area is 103 Å². The summed E-state index contributed by atoms with van der Waals surface area (Å²) in [5.74, 6) is 0.936. The summed E-state index contributed by atoms with van der Waals surface area (Å²) in [7, 11) is 4.09. The van der Waals surface area contributed by atoms with Crippen LogP contribution in [-0.2, 0) is 13.0 Å². The second kappa shape index (κ2) is 5.56. The Balaban J connectivity index is 2.20. The van der Waals surface area contributed by atoms with Gasteiger partial charge >= 0.3 is 0 Å². The first kappa shape index (κ1) is 12.5. The Bertz CT molecular complexity index is 376. The Morgan fingerprint density at radius 1 is 1.47 bits per heavy atom. The largest absolute Gasteiger partial charge is 0.310 e. The summed E-state index contributed by atoms with van der Waals surface area (Å²) in [5, 5.41) is 3.51. The smallest absolute Gasteiger partial charge is 0.142 e. The van der Waals surface area contributed by atoms with Crippen molar-refractivity contribution in [3.05, 3.63) is 23.3 Å². The van der Waals surface area contributed by atoms with Crippen molar-refractivity contribution in [1.29, 1.82) is 0 Å². The van der Waals surface area contributed by atoms with Gasteiger partial charge in [-0.3, -0.25) is 0 Å². The molecule has 1 heterocycles. The summed E-state index contributed by atoms with van der Waals surface area (Å²) in [6, 6.07) is 0.456. The van der Waals surface area contributed by atoms with E-state index in [2.05, 4.69) is 22.1 Å². The normalized spacial score (nSPS) is 19.4. The van der Waals surface area contributed by atoms with E-state index in [0.29, 0.717) is 6.04 Å². The average Bonchev–Trinajstić information content (AvgIpc) is 2.28. The van der Waals surface area contributed by atoms with Gasteiger partial charge in [0.1, 0.15) is 5.82 Å². The third-order valence-electron chi connectivity index (χ3n) is 3.14. The predicted octanol–water partition coefficient (Wildman–Crippen LogP) is 1.53. The fourth-order valence-corrected chi connectivity index (χ4v) is 2.41.